The van der Waals surface area contributed by atoms with Crippen LogP contribution in [0.3, 0.4) is 0 Å². The summed E-state index contributed by atoms with van der Waals surface area (Å²) in [5.74, 6) is -2.53. The monoisotopic (exact) mass is 371 g/mol. The molecular formula is C17H13N3O5S. The molecule has 0 radical (unpaired) electrons. The fraction of sp³-hybridized carbons (Fsp3) is 0.176. The Morgan fingerprint density at radius 3 is 2.81 bits per heavy atom. The van der Waals surface area contributed by atoms with E-state index < -0.39 is 29.2 Å². The van der Waals surface area contributed by atoms with Crippen LogP contribution in [0.15, 0.2) is 35.7 Å². The molecule has 0 spiro atoms. The van der Waals surface area contributed by atoms with Crippen LogP contribution in [0, 0.1) is 28.4 Å². The summed E-state index contributed by atoms with van der Waals surface area (Å²) in [6.45, 7) is 1.16. The molecule has 0 saturated heterocycles. The molecule has 0 amide bonds. The average Bonchev–Trinajstić information content (AvgIpc) is 3.05. The van der Waals surface area contributed by atoms with Crippen molar-refractivity contribution in [3.8, 4) is 6.07 Å². The average molecular weight is 371 g/mol. The Kier molecular flexibility index (Phi) is 6.30. The number of carbonyl (C=O) groups excluding carboxylic acids is 2. The Labute approximate surface area is 152 Å². The van der Waals surface area contributed by atoms with Gasteiger partial charge in [-0.05, 0) is 19.1 Å². The van der Waals surface area contributed by atoms with Crippen molar-refractivity contribution in [2.75, 3.05) is 6.61 Å². The van der Waals surface area contributed by atoms with Gasteiger partial charge < -0.3 is 4.74 Å². The number of para-hydroxylation sites is 1. The van der Waals surface area contributed by atoms with E-state index in [1.807, 2.05) is 6.07 Å². The van der Waals surface area contributed by atoms with Crippen molar-refractivity contribution >= 4 is 34.9 Å². The molecule has 1 atom stereocenters. The smallest absolute Gasteiger partial charge is 0.331 e. The van der Waals surface area contributed by atoms with Crippen molar-refractivity contribution in [3.05, 3.63) is 62.1 Å². The molecule has 132 valence electrons. The SMILES string of the molecule is Cc1csc([C@H](C#N)C(=O)COC(=O)/C=C/c2ccccc2[N+](=O)[O-])n1. The largest absolute Gasteiger partial charge is 0.454 e. The third kappa shape index (κ3) is 4.81. The normalized spacial score (nSPS) is 11.7. The number of Topliss-reactive ketones (excluding diaryl/α,β-unsaturated/α-hetero) is 1. The van der Waals surface area contributed by atoms with E-state index in [0.29, 0.717) is 10.7 Å². The summed E-state index contributed by atoms with van der Waals surface area (Å²) in [4.78, 5) is 38.2. The number of hydrogen-bond donors (Lipinski definition) is 0. The van der Waals surface area contributed by atoms with Gasteiger partial charge in [-0.25, -0.2) is 9.78 Å². The number of esters is 1. The highest BCUT2D eigenvalue weighted by Gasteiger charge is 2.24. The summed E-state index contributed by atoms with van der Waals surface area (Å²) in [5, 5.41) is 22.1. The van der Waals surface area contributed by atoms with Gasteiger partial charge in [-0.3, -0.25) is 14.9 Å². The molecule has 2 rings (SSSR count). The van der Waals surface area contributed by atoms with Gasteiger partial charge in [0.1, 0.15) is 5.01 Å². The standard InChI is InChI=1S/C17H13N3O5S/c1-11-10-26-17(19-11)13(8-18)15(21)9-25-16(22)7-6-12-4-2-3-5-14(12)20(23)24/h2-7,10,13H,9H2,1H3/b7-6+/t13-/m1/s1. The zero-order valence-electron chi connectivity index (χ0n) is 13.6. The minimum Gasteiger partial charge on any atom is -0.454 e. The lowest BCUT2D eigenvalue weighted by molar-refractivity contribution is -0.385. The molecule has 0 unspecified atom stereocenters. The second kappa shape index (κ2) is 8.64. The molecule has 0 bridgehead atoms. The van der Waals surface area contributed by atoms with E-state index in [1.54, 1.807) is 18.4 Å². The molecule has 8 nitrogen and oxygen atoms in total. The van der Waals surface area contributed by atoms with Crippen molar-refractivity contribution in [1.29, 1.82) is 5.26 Å². The molecule has 0 fully saturated rings. The van der Waals surface area contributed by atoms with E-state index in [9.17, 15) is 19.7 Å². The Balaban J connectivity index is 1.97. The summed E-state index contributed by atoms with van der Waals surface area (Å²) < 4.78 is 4.82. The van der Waals surface area contributed by atoms with Crippen molar-refractivity contribution in [2.45, 2.75) is 12.8 Å². The maximum absolute atomic E-state index is 12.1. The molecule has 1 aromatic carbocycles. The van der Waals surface area contributed by atoms with Crippen LogP contribution in [0.5, 0.6) is 0 Å². The number of hydrogen-bond acceptors (Lipinski definition) is 8. The van der Waals surface area contributed by atoms with Crippen molar-refractivity contribution in [1.82, 2.24) is 4.98 Å². The van der Waals surface area contributed by atoms with Crippen LogP contribution in [0.2, 0.25) is 0 Å². The van der Waals surface area contributed by atoms with Crippen molar-refractivity contribution in [2.24, 2.45) is 0 Å². The quantitative estimate of drug-likeness (QED) is 0.317. The second-order valence-corrected chi connectivity index (χ2v) is 6.00. The predicted molar refractivity (Wildman–Crippen MR) is 93.3 cm³/mol. The van der Waals surface area contributed by atoms with Gasteiger partial charge in [-0.15, -0.1) is 11.3 Å². The molecule has 2 aromatic rings. The van der Waals surface area contributed by atoms with Crippen LogP contribution in [-0.4, -0.2) is 28.3 Å². The van der Waals surface area contributed by atoms with Gasteiger partial charge in [-0.2, -0.15) is 5.26 Å². The molecule has 1 aromatic heterocycles. The number of nitriles is 1. The second-order valence-electron chi connectivity index (χ2n) is 5.11. The zero-order valence-corrected chi connectivity index (χ0v) is 14.4. The molecule has 0 aliphatic heterocycles. The van der Waals surface area contributed by atoms with Crippen LogP contribution in [-0.2, 0) is 14.3 Å². The number of benzene rings is 1. The lowest BCUT2D eigenvalue weighted by atomic mass is 10.1. The van der Waals surface area contributed by atoms with Gasteiger partial charge in [0.15, 0.2) is 18.3 Å². The first-order chi connectivity index (χ1) is 12.4. The highest BCUT2D eigenvalue weighted by Crippen LogP contribution is 2.21. The fourth-order valence-corrected chi connectivity index (χ4v) is 2.86. The Bertz CT molecular complexity index is 913. The summed E-state index contributed by atoms with van der Waals surface area (Å²) in [6, 6.07) is 7.73. The first-order valence-electron chi connectivity index (χ1n) is 7.35. The number of carbonyl (C=O) groups is 2. The predicted octanol–water partition coefficient (Wildman–Crippen LogP) is 2.79. The Hall–Kier alpha value is -3.38. The summed E-state index contributed by atoms with van der Waals surface area (Å²) in [7, 11) is 0. The van der Waals surface area contributed by atoms with Crippen molar-refractivity contribution < 1.29 is 19.2 Å². The number of nitro groups is 1. The molecule has 0 aliphatic carbocycles. The van der Waals surface area contributed by atoms with Crippen LogP contribution < -0.4 is 0 Å². The van der Waals surface area contributed by atoms with Gasteiger partial charge in [0, 0.05) is 23.2 Å². The van der Waals surface area contributed by atoms with E-state index in [-0.39, 0.29) is 11.3 Å². The molecule has 0 aliphatic rings. The van der Waals surface area contributed by atoms with Crippen LogP contribution >= 0.6 is 11.3 Å². The lowest BCUT2D eigenvalue weighted by Crippen LogP contribution is -2.19. The highest BCUT2D eigenvalue weighted by molar-refractivity contribution is 7.09. The minimum atomic E-state index is -1.10. The Morgan fingerprint density at radius 2 is 2.19 bits per heavy atom. The lowest BCUT2D eigenvalue weighted by Gasteiger charge is -2.05. The summed E-state index contributed by atoms with van der Waals surface area (Å²) in [6.07, 6.45) is 2.22. The number of aromatic nitrogens is 1. The van der Waals surface area contributed by atoms with E-state index in [2.05, 4.69) is 4.98 Å². The number of ketones is 1. The van der Waals surface area contributed by atoms with Crippen LogP contribution in [0.25, 0.3) is 6.08 Å². The first-order valence-corrected chi connectivity index (χ1v) is 8.23. The van der Waals surface area contributed by atoms with Crippen LogP contribution in [0.4, 0.5) is 5.69 Å². The number of rotatable bonds is 7. The number of nitrogens with zero attached hydrogens (tertiary/aromatic N) is 3. The molecule has 9 heteroatoms. The number of thiazole rings is 1. The molecular weight excluding hydrogens is 358 g/mol. The molecule has 0 N–H and O–H groups in total. The van der Waals surface area contributed by atoms with E-state index in [4.69, 9.17) is 10.00 Å². The minimum absolute atomic E-state index is 0.156. The summed E-state index contributed by atoms with van der Waals surface area (Å²) in [5.41, 5.74) is 0.771. The third-order valence-corrected chi connectivity index (χ3v) is 4.25. The van der Waals surface area contributed by atoms with Gasteiger partial charge in [0.25, 0.3) is 5.69 Å². The number of ether oxygens (including phenoxy) is 1. The number of aryl methyl sites for hydroxylation is 1. The highest BCUT2D eigenvalue weighted by atomic mass is 32.1. The van der Waals surface area contributed by atoms with E-state index in [1.165, 1.54) is 35.6 Å². The van der Waals surface area contributed by atoms with E-state index in [0.717, 1.165) is 6.08 Å². The molecule has 1 heterocycles. The summed E-state index contributed by atoms with van der Waals surface area (Å²) >= 11 is 1.18. The fourth-order valence-electron chi connectivity index (χ4n) is 2.00. The maximum atomic E-state index is 12.1. The zero-order chi connectivity index (χ0) is 19.1. The molecule has 26 heavy (non-hydrogen) atoms. The van der Waals surface area contributed by atoms with E-state index >= 15 is 0 Å². The van der Waals surface area contributed by atoms with Gasteiger partial charge in [-0.1, -0.05) is 12.1 Å². The third-order valence-electron chi connectivity index (χ3n) is 3.22. The van der Waals surface area contributed by atoms with Crippen molar-refractivity contribution in [3.63, 3.8) is 0 Å². The Morgan fingerprint density at radius 1 is 1.46 bits per heavy atom. The van der Waals surface area contributed by atoms with Gasteiger partial charge in [0.2, 0.25) is 0 Å². The van der Waals surface area contributed by atoms with Crippen LogP contribution in [0.1, 0.15) is 22.2 Å². The first kappa shape index (κ1) is 19.0. The van der Waals surface area contributed by atoms with Gasteiger partial charge in [0.05, 0.1) is 16.6 Å². The topological polar surface area (TPSA) is 123 Å². The molecule has 0 saturated carbocycles. The maximum Gasteiger partial charge on any atom is 0.331 e. The van der Waals surface area contributed by atoms with Gasteiger partial charge >= 0.3 is 5.97 Å². The number of nitro benzene ring substituents is 1.